The molecular weight excluding hydrogens is 186 g/mol. The summed E-state index contributed by atoms with van der Waals surface area (Å²) < 4.78 is 10.5. The van der Waals surface area contributed by atoms with Gasteiger partial charge < -0.3 is 15.2 Å². The smallest absolute Gasteiger partial charge is 0.0810 e. The van der Waals surface area contributed by atoms with Crippen molar-refractivity contribution in [2.45, 2.75) is 6.61 Å². The van der Waals surface area contributed by atoms with Crippen molar-refractivity contribution in [3.63, 3.8) is 0 Å². The van der Waals surface area contributed by atoms with E-state index in [2.05, 4.69) is 6.07 Å². The molecule has 0 amide bonds. The van der Waals surface area contributed by atoms with Crippen LogP contribution in [0.1, 0.15) is 4.88 Å². The van der Waals surface area contributed by atoms with E-state index >= 15 is 0 Å². The SMILES string of the molecule is NCCOCCOCc1cccs1. The highest BCUT2D eigenvalue weighted by atomic mass is 32.1. The van der Waals surface area contributed by atoms with Crippen LogP contribution in [0.3, 0.4) is 0 Å². The highest BCUT2D eigenvalue weighted by molar-refractivity contribution is 7.09. The van der Waals surface area contributed by atoms with Gasteiger partial charge in [0.1, 0.15) is 0 Å². The molecule has 3 nitrogen and oxygen atoms in total. The lowest BCUT2D eigenvalue weighted by molar-refractivity contribution is 0.0443. The Morgan fingerprint density at radius 2 is 2.08 bits per heavy atom. The first kappa shape index (κ1) is 10.7. The molecule has 0 spiro atoms. The Hall–Kier alpha value is -0.420. The Labute approximate surface area is 82.5 Å². The molecule has 0 aliphatic heterocycles. The maximum atomic E-state index is 5.37. The number of hydrogen-bond acceptors (Lipinski definition) is 4. The number of nitrogens with two attached hydrogens (primary N) is 1. The predicted molar refractivity (Wildman–Crippen MR) is 53.8 cm³/mol. The van der Waals surface area contributed by atoms with Crippen LogP contribution in [0.15, 0.2) is 17.5 Å². The van der Waals surface area contributed by atoms with Gasteiger partial charge in [-0.05, 0) is 11.4 Å². The lowest BCUT2D eigenvalue weighted by Crippen LogP contribution is -2.11. The largest absolute Gasteiger partial charge is 0.378 e. The molecule has 1 heterocycles. The zero-order valence-corrected chi connectivity index (χ0v) is 8.39. The summed E-state index contributed by atoms with van der Waals surface area (Å²) in [4.78, 5) is 1.25. The van der Waals surface area contributed by atoms with E-state index in [1.165, 1.54) is 4.88 Å². The summed E-state index contributed by atoms with van der Waals surface area (Å²) in [6.45, 7) is 3.14. The molecule has 13 heavy (non-hydrogen) atoms. The van der Waals surface area contributed by atoms with Crippen molar-refractivity contribution in [3.8, 4) is 0 Å². The van der Waals surface area contributed by atoms with Gasteiger partial charge in [-0.2, -0.15) is 0 Å². The average Bonchev–Trinajstić information content (AvgIpc) is 2.63. The van der Waals surface area contributed by atoms with Crippen molar-refractivity contribution < 1.29 is 9.47 Å². The van der Waals surface area contributed by atoms with Crippen molar-refractivity contribution in [2.75, 3.05) is 26.4 Å². The third kappa shape index (κ3) is 5.00. The third-order valence-corrected chi connectivity index (χ3v) is 2.31. The van der Waals surface area contributed by atoms with E-state index in [-0.39, 0.29) is 0 Å². The van der Waals surface area contributed by atoms with E-state index in [1.54, 1.807) is 11.3 Å². The van der Waals surface area contributed by atoms with Crippen LogP contribution in [0.4, 0.5) is 0 Å². The number of rotatable bonds is 7. The molecule has 0 radical (unpaired) electrons. The molecule has 0 unspecified atom stereocenters. The number of thiophene rings is 1. The molecule has 1 rings (SSSR count). The van der Waals surface area contributed by atoms with Gasteiger partial charge in [-0.15, -0.1) is 11.3 Å². The van der Waals surface area contributed by atoms with E-state index in [4.69, 9.17) is 15.2 Å². The van der Waals surface area contributed by atoms with Crippen molar-refractivity contribution >= 4 is 11.3 Å². The normalized spacial score (nSPS) is 10.5. The molecule has 74 valence electrons. The second-order valence-electron chi connectivity index (χ2n) is 2.53. The Morgan fingerprint density at radius 1 is 1.23 bits per heavy atom. The molecule has 0 bridgehead atoms. The minimum atomic E-state index is 0.574. The molecule has 0 aliphatic rings. The summed E-state index contributed by atoms with van der Waals surface area (Å²) >= 11 is 1.71. The minimum absolute atomic E-state index is 0.574. The summed E-state index contributed by atoms with van der Waals surface area (Å²) in [5.41, 5.74) is 5.26. The van der Waals surface area contributed by atoms with E-state index in [9.17, 15) is 0 Å². The van der Waals surface area contributed by atoms with Gasteiger partial charge in [0.15, 0.2) is 0 Å². The van der Waals surface area contributed by atoms with Crippen LogP contribution in [-0.4, -0.2) is 26.4 Å². The summed E-state index contributed by atoms with van der Waals surface area (Å²) in [5, 5.41) is 2.05. The van der Waals surface area contributed by atoms with Gasteiger partial charge in [0.2, 0.25) is 0 Å². The van der Waals surface area contributed by atoms with Gasteiger partial charge in [-0.25, -0.2) is 0 Å². The summed E-state index contributed by atoms with van der Waals surface area (Å²) in [5.74, 6) is 0. The van der Waals surface area contributed by atoms with Gasteiger partial charge >= 0.3 is 0 Å². The average molecular weight is 201 g/mol. The minimum Gasteiger partial charge on any atom is -0.378 e. The van der Waals surface area contributed by atoms with Crippen LogP contribution in [-0.2, 0) is 16.1 Å². The van der Waals surface area contributed by atoms with Crippen molar-refractivity contribution in [1.29, 1.82) is 0 Å². The molecule has 1 aromatic heterocycles. The van der Waals surface area contributed by atoms with Gasteiger partial charge in [0.25, 0.3) is 0 Å². The van der Waals surface area contributed by atoms with Crippen LogP contribution >= 0.6 is 11.3 Å². The van der Waals surface area contributed by atoms with Crippen LogP contribution in [0.25, 0.3) is 0 Å². The summed E-state index contributed by atoms with van der Waals surface area (Å²) in [7, 11) is 0. The number of hydrogen-bond donors (Lipinski definition) is 1. The van der Waals surface area contributed by atoms with Gasteiger partial charge in [-0.1, -0.05) is 6.07 Å². The lowest BCUT2D eigenvalue weighted by Gasteiger charge is -2.02. The number of ether oxygens (including phenoxy) is 2. The van der Waals surface area contributed by atoms with Gasteiger partial charge in [0, 0.05) is 11.4 Å². The molecular formula is C9H15NO2S. The van der Waals surface area contributed by atoms with Gasteiger partial charge in [-0.3, -0.25) is 0 Å². The zero-order chi connectivity index (χ0) is 9.36. The fourth-order valence-corrected chi connectivity index (χ4v) is 1.51. The molecule has 1 aromatic rings. The Kier molecular flexibility index (Phi) is 5.76. The molecule has 4 heteroatoms. The molecule has 2 N–H and O–H groups in total. The van der Waals surface area contributed by atoms with E-state index in [0.717, 1.165) is 0 Å². The van der Waals surface area contributed by atoms with Crippen LogP contribution < -0.4 is 5.73 Å². The van der Waals surface area contributed by atoms with E-state index in [1.807, 2.05) is 11.4 Å². The Balaban J connectivity index is 1.90. The Morgan fingerprint density at radius 3 is 2.77 bits per heavy atom. The monoisotopic (exact) mass is 201 g/mol. The highest BCUT2D eigenvalue weighted by Crippen LogP contribution is 2.08. The van der Waals surface area contributed by atoms with Crippen molar-refractivity contribution in [3.05, 3.63) is 22.4 Å². The molecule has 0 aromatic carbocycles. The maximum Gasteiger partial charge on any atom is 0.0810 e. The van der Waals surface area contributed by atoms with E-state index < -0.39 is 0 Å². The molecule has 0 aliphatic carbocycles. The van der Waals surface area contributed by atoms with Crippen molar-refractivity contribution in [2.24, 2.45) is 5.73 Å². The molecule has 0 fully saturated rings. The fourth-order valence-electron chi connectivity index (χ4n) is 0.871. The second kappa shape index (κ2) is 7.03. The predicted octanol–water partition coefficient (Wildman–Crippen LogP) is 1.24. The lowest BCUT2D eigenvalue weighted by atomic mass is 10.5. The maximum absolute atomic E-state index is 5.37. The first-order chi connectivity index (χ1) is 6.43. The van der Waals surface area contributed by atoms with Crippen LogP contribution in [0, 0.1) is 0 Å². The zero-order valence-electron chi connectivity index (χ0n) is 7.57. The van der Waals surface area contributed by atoms with Gasteiger partial charge in [0.05, 0.1) is 26.4 Å². The summed E-state index contributed by atoms with van der Waals surface area (Å²) in [6, 6.07) is 4.08. The van der Waals surface area contributed by atoms with Crippen molar-refractivity contribution in [1.82, 2.24) is 0 Å². The van der Waals surface area contributed by atoms with Crippen LogP contribution in [0.2, 0.25) is 0 Å². The van der Waals surface area contributed by atoms with E-state index in [0.29, 0.717) is 33.0 Å². The third-order valence-electron chi connectivity index (χ3n) is 1.46. The first-order valence-corrected chi connectivity index (χ1v) is 5.19. The quantitative estimate of drug-likeness (QED) is 0.675. The molecule has 0 atom stereocenters. The summed E-state index contributed by atoms with van der Waals surface area (Å²) in [6.07, 6.45) is 0. The fraction of sp³-hybridized carbons (Fsp3) is 0.556. The van der Waals surface area contributed by atoms with Crippen LogP contribution in [0.5, 0.6) is 0 Å². The molecule has 0 saturated carbocycles. The molecule has 0 saturated heterocycles. The topological polar surface area (TPSA) is 44.5 Å². The Bertz CT molecular complexity index is 201. The standard InChI is InChI=1S/C9H15NO2S/c10-3-4-11-5-6-12-8-9-2-1-7-13-9/h1-2,7H,3-6,8,10H2. The second-order valence-corrected chi connectivity index (χ2v) is 3.57. The first-order valence-electron chi connectivity index (χ1n) is 4.31. The highest BCUT2D eigenvalue weighted by Gasteiger charge is 1.93.